The van der Waals surface area contributed by atoms with Crippen LogP contribution in [0.15, 0.2) is 72.8 Å². The quantitative estimate of drug-likeness (QED) is 0.103. The van der Waals surface area contributed by atoms with Gasteiger partial charge in [0.15, 0.2) is 11.6 Å². The van der Waals surface area contributed by atoms with Crippen LogP contribution in [-0.4, -0.2) is 131 Å². The molecule has 0 unspecified atom stereocenters. The molecule has 4 saturated heterocycles. The number of carbonyl (C=O) groups is 4. The number of rotatable bonds is 10. The zero-order valence-corrected chi connectivity index (χ0v) is 43.6. The molecular formula is C57H66N8O10. The molecule has 18 nitrogen and oxygen atoms in total. The Labute approximate surface area is 435 Å². The van der Waals surface area contributed by atoms with Crippen LogP contribution in [0.1, 0.15) is 99.4 Å². The highest BCUT2D eigenvalue weighted by Crippen LogP contribution is 2.45. The number of H-pyrrole nitrogens is 2. The van der Waals surface area contributed by atoms with E-state index in [0.29, 0.717) is 50.9 Å². The molecule has 394 valence electrons. The van der Waals surface area contributed by atoms with Crippen molar-refractivity contribution in [2.45, 2.75) is 108 Å². The fourth-order valence-electron chi connectivity index (χ4n) is 11.8. The van der Waals surface area contributed by atoms with Crippen molar-refractivity contribution in [2.24, 2.45) is 11.8 Å². The van der Waals surface area contributed by atoms with E-state index in [1.54, 1.807) is 9.80 Å². The van der Waals surface area contributed by atoms with Gasteiger partial charge in [-0.05, 0) is 106 Å². The fourth-order valence-corrected chi connectivity index (χ4v) is 11.8. The third-order valence-corrected chi connectivity index (χ3v) is 15.9. The molecule has 6 aromatic rings. The molecule has 8 aliphatic rings. The van der Waals surface area contributed by atoms with Crippen molar-refractivity contribution >= 4 is 46.1 Å². The van der Waals surface area contributed by atoms with Crippen molar-refractivity contribution in [3.05, 3.63) is 107 Å². The van der Waals surface area contributed by atoms with Gasteiger partial charge >= 0.3 is 12.2 Å². The van der Waals surface area contributed by atoms with Crippen molar-refractivity contribution in [2.75, 3.05) is 53.7 Å². The van der Waals surface area contributed by atoms with Crippen molar-refractivity contribution in [3.8, 4) is 22.3 Å². The van der Waals surface area contributed by atoms with Crippen LogP contribution >= 0.6 is 0 Å². The molecule has 14 rings (SSSR count). The van der Waals surface area contributed by atoms with Gasteiger partial charge in [0.1, 0.15) is 23.7 Å². The van der Waals surface area contributed by atoms with Gasteiger partial charge in [0.05, 0.1) is 87.9 Å². The summed E-state index contributed by atoms with van der Waals surface area (Å²) < 4.78 is 34.3. The highest BCUT2D eigenvalue weighted by molar-refractivity contribution is 5.89. The summed E-state index contributed by atoms with van der Waals surface area (Å²) in [6.45, 7) is 12.0. The van der Waals surface area contributed by atoms with Gasteiger partial charge in [-0.15, -0.1) is 0 Å². The normalized spacial score (nSPS) is 21.6. The number of nitrogens with zero attached hydrogens (tertiary/aromatic N) is 4. The second-order valence-corrected chi connectivity index (χ2v) is 21.5. The molecular weight excluding hydrogens is 957 g/mol. The van der Waals surface area contributed by atoms with Crippen molar-refractivity contribution in [1.82, 2.24) is 40.4 Å². The second kappa shape index (κ2) is 20.0. The fraction of sp³-hybridized carbons (Fsp3) is 0.474. The Kier molecular flexibility index (Phi) is 13.4. The number of hydrogen-bond donors (Lipinski definition) is 4. The Morgan fingerprint density at radius 3 is 1.59 bits per heavy atom. The molecule has 18 heteroatoms. The number of amides is 4. The third kappa shape index (κ3) is 9.61. The van der Waals surface area contributed by atoms with Crippen LogP contribution in [0.3, 0.4) is 0 Å². The van der Waals surface area contributed by atoms with E-state index >= 15 is 0 Å². The Bertz CT molecular complexity index is 3170. The number of likely N-dealkylation sites (tertiary alicyclic amines) is 2. The third-order valence-electron chi connectivity index (χ3n) is 15.9. The van der Waals surface area contributed by atoms with Gasteiger partial charge in [-0.25, -0.2) is 19.6 Å². The zero-order valence-electron chi connectivity index (χ0n) is 43.6. The molecule has 6 heterocycles. The van der Waals surface area contributed by atoms with Crippen molar-refractivity contribution < 1.29 is 47.6 Å². The maximum absolute atomic E-state index is 14.3. The van der Waals surface area contributed by atoms with Crippen LogP contribution in [0.25, 0.3) is 44.3 Å². The highest BCUT2D eigenvalue weighted by atomic mass is 16.7. The van der Waals surface area contributed by atoms with Gasteiger partial charge < -0.3 is 58.8 Å². The van der Waals surface area contributed by atoms with Crippen molar-refractivity contribution in [1.29, 1.82) is 0 Å². The van der Waals surface area contributed by atoms with Crippen LogP contribution in [0, 0.1) is 11.8 Å². The summed E-state index contributed by atoms with van der Waals surface area (Å²) in [5.74, 6) is -1.39. The lowest BCUT2D eigenvalue weighted by Crippen LogP contribution is -2.52. The molecule has 0 saturated carbocycles. The largest absolute Gasteiger partial charge is 0.453 e. The Morgan fingerprint density at radius 1 is 0.627 bits per heavy atom. The molecule has 5 atom stereocenters. The first kappa shape index (κ1) is 50.3. The first-order chi connectivity index (χ1) is 36.1. The number of ether oxygens (including phenoxy) is 6. The number of aryl methyl sites for hydroxylation is 2. The summed E-state index contributed by atoms with van der Waals surface area (Å²) in [5.41, 5.74) is 12.7. The molecule has 0 radical (unpaired) electrons. The summed E-state index contributed by atoms with van der Waals surface area (Å²) in [5, 5.41) is 5.48. The Hall–Kier alpha value is -6.86. The molecule has 4 bridgehead atoms. The molecule has 4 N–H and O–H groups in total. The minimum atomic E-state index is -0.955. The molecule has 4 aliphatic heterocycles. The summed E-state index contributed by atoms with van der Waals surface area (Å²) >= 11 is 0. The number of aromatic amines is 2. The van der Waals surface area contributed by atoms with E-state index in [0.717, 1.165) is 52.5 Å². The first-order valence-corrected chi connectivity index (χ1v) is 26.2. The number of hydrogen-bond acceptors (Lipinski definition) is 12. The van der Waals surface area contributed by atoms with E-state index in [4.69, 9.17) is 38.4 Å². The predicted molar refractivity (Wildman–Crippen MR) is 278 cm³/mol. The SMILES string of the molecule is COC(=O)N[C@H](C(=O)N1CC2(C[C@H]1c1nc3ccc(-c4cc5ccc4CCc4ccc(c(-c6ccc7nc([C@@H]8CC9(CN8C(=O)[C@@H](NC(=O)OC)C(C)C)OCCO9)[nH]c7c6)c4)C[C@H]5C)cc3[nH]1)OCCO2)C(C)C. The lowest BCUT2D eigenvalue weighted by Gasteiger charge is -2.30. The summed E-state index contributed by atoms with van der Waals surface area (Å²) in [6.07, 6.45) is 1.90. The number of alkyl carbamates (subject to hydrolysis) is 2. The first-order valence-electron chi connectivity index (χ1n) is 26.2. The number of fused-ring (bicyclic) bond motifs is 2. The van der Waals surface area contributed by atoms with Crippen LogP contribution < -0.4 is 10.6 Å². The van der Waals surface area contributed by atoms with E-state index in [1.807, 2.05) is 39.8 Å². The topological polar surface area (TPSA) is 212 Å². The van der Waals surface area contributed by atoms with Gasteiger partial charge in [-0.3, -0.25) is 9.59 Å². The monoisotopic (exact) mass is 1020 g/mol. The highest BCUT2D eigenvalue weighted by Gasteiger charge is 2.54. The maximum atomic E-state index is 14.3. The van der Waals surface area contributed by atoms with E-state index in [2.05, 4.69) is 88.2 Å². The molecule has 75 heavy (non-hydrogen) atoms. The van der Waals surface area contributed by atoms with Gasteiger partial charge in [0.2, 0.25) is 11.8 Å². The number of carbonyl (C=O) groups excluding carboxylic acids is 4. The Morgan fingerprint density at radius 2 is 1.11 bits per heavy atom. The predicted octanol–water partition coefficient (Wildman–Crippen LogP) is 8.01. The summed E-state index contributed by atoms with van der Waals surface area (Å²) in [4.78, 5) is 74.0. The van der Waals surface area contributed by atoms with Crippen LogP contribution in [0.5, 0.6) is 0 Å². The van der Waals surface area contributed by atoms with E-state index in [9.17, 15) is 19.2 Å². The molecule has 4 aromatic carbocycles. The average molecular weight is 1020 g/mol. The van der Waals surface area contributed by atoms with E-state index < -0.39 is 47.9 Å². The van der Waals surface area contributed by atoms with Crippen molar-refractivity contribution in [3.63, 3.8) is 0 Å². The minimum absolute atomic E-state index is 0.176. The average Bonchev–Trinajstić information content (AvgIpc) is 4.30. The smallest absolute Gasteiger partial charge is 0.407 e. The van der Waals surface area contributed by atoms with Gasteiger partial charge in [0, 0.05) is 12.8 Å². The molecule has 4 fully saturated rings. The van der Waals surface area contributed by atoms with Crippen LogP contribution in [0.4, 0.5) is 9.59 Å². The zero-order chi connectivity index (χ0) is 52.3. The second-order valence-electron chi connectivity index (χ2n) is 21.5. The number of imidazole rings is 2. The van der Waals surface area contributed by atoms with E-state index in [-0.39, 0.29) is 42.7 Å². The standard InChI is InChI=1S/C57H66N8O10/c1-31(2)48(62-54(68)70-6)52(66)64-29-56(72-18-19-73-56)27-46(64)50-58-42-16-14-38(25-44(42)60-50)40-23-34-8-10-35-12-13-36(33(5)22-37(40)11-9-34)24-41(35)39-15-17-43-45(26-39)61-51(59-43)47-28-57(74-20-21-75-57)30-65(47)53(67)49(32(3)4)63-55(69)71-7/h9,11-17,23-26,31-33,46-49H,8,10,18-22,27-30H2,1-7H3,(H,58,60)(H,59,61)(H,62,68)(H,63,69)/t33-,46+,47+,48+,49+/m1/s1. The van der Waals surface area contributed by atoms with Crippen LogP contribution in [0.2, 0.25) is 0 Å². The lowest BCUT2D eigenvalue weighted by atomic mass is 9.84. The number of aromatic nitrogens is 4. The number of methoxy groups -OCH3 is 2. The molecule has 4 aliphatic carbocycles. The summed E-state index contributed by atoms with van der Waals surface area (Å²) in [6, 6.07) is 23.8. The van der Waals surface area contributed by atoms with Crippen LogP contribution in [-0.2, 0) is 57.3 Å². The van der Waals surface area contributed by atoms with Gasteiger partial charge in [-0.1, -0.05) is 83.1 Å². The number of benzene rings is 4. The molecule has 4 amide bonds. The maximum Gasteiger partial charge on any atom is 0.407 e. The Balaban J connectivity index is 0.861. The lowest BCUT2D eigenvalue weighted by molar-refractivity contribution is -0.153. The summed E-state index contributed by atoms with van der Waals surface area (Å²) in [7, 11) is 2.57. The van der Waals surface area contributed by atoms with E-state index in [1.165, 1.54) is 47.6 Å². The van der Waals surface area contributed by atoms with Gasteiger partial charge in [0.25, 0.3) is 0 Å². The molecule has 2 aromatic heterocycles. The van der Waals surface area contributed by atoms with Gasteiger partial charge in [-0.2, -0.15) is 0 Å². The molecule has 2 spiro atoms. The number of nitrogens with one attached hydrogen (secondary N) is 4. The minimum Gasteiger partial charge on any atom is -0.453 e.